The Morgan fingerprint density at radius 3 is 2.38 bits per heavy atom. The summed E-state index contributed by atoms with van der Waals surface area (Å²) in [5.74, 6) is 0.0811. The first-order valence-corrected chi connectivity index (χ1v) is 8.93. The fourth-order valence-electron chi connectivity index (χ4n) is 3.61. The van der Waals surface area contributed by atoms with Crippen LogP contribution in [0.1, 0.15) is 60.1 Å². The summed E-state index contributed by atoms with van der Waals surface area (Å²) in [5, 5.41) is 8.98. The maximum atomic E-state index is 10.9. The lowest BCUT2D eigenvalue weighted by Gasteiger charge is -2.26. The van der Waals surface area contributed by atoms with Gasteiger partial charge in [-0.1, -0.05) is 19.9 Å². The summed E-state index contributed by atoms with van der Waals surface area (Å²) in [5.41, 5.74) is 6.18. The summed E-state index contributed by atoms with van der Waals surface area (Å²) in [6.07, 6.45) is 3.78. The van der Waals surface area contributed by atoms with Crippen molar-refractivity contribution < 1.29 is 9.90 Å². The van der Waals surface area contributed by atoms with E-state index >= 15 is 0 Å². The Kier molecular flexibility index (Phi) is 4.07. The molecule has 5 heteroatoms. The topological polar surface area (TPSA) is 78.9 Å². The number of aromatic amines is 1. The molecule has 0 radical (unpaired) electrons. The van der Waals surface area contributed by atoms with Crippen molar-refractivity contribution in [2.45, 2.75) is 38.5 Å². The van der Waals surface area contributed by atoms with E-state index in [1.54, 1.807) is 12.1 Å². The molecule has 0 aromatic carbocycles. The summed E-state index contributed by atoms with van der Waals surface area (Å²) in [7, 11) is 0. The quantitative estimate of drug-likeness (QED) is 0.711. The van der Waals surface area contributed by atoms with Gasteiger partial charge in [-0.05, 0) is 60.6 Å². The molecular formula is C21H21N3O2. The number of nitrogens with zero attached hydrogens (tertiary/aromatic N) is 2. The number of pyridine rings is 2. The second-order valence-electron chi connectivity index (χ2n) is 7.07. The molecule has 3 aromatic rings. The van der Waals surface area contributed by atoms with Crippen molar-refractivity contribution in [3.8, 4) is 22.8 Å². The Morgan fingerprint density at radius 1 is 1.00 bits per heavy atom. The number of nitrogens with one attached hydrogen (secondary N) is 1. The highest BCUT2D eigenvalue weighted by Gasteiger charge is 2.23. The molecule has 0 bridgehead atoms. The van der Waals surface area contributed by atoms with E-state index in [4.69, 9.17) is 10.1 Å². The zero-order valence-electron chi connectivity index (χ0n) is 14.9. The minimum Gasteiger partial charge on any atom is -0.478 e. The number of hydrogen-bond acceptors (Lipinski definition) is 3. The highest BCUT2D eigenvalue weighted by atomic mass is 16.4. The van der Waals surface area contributed by atoms with E-state index in [0.29, 0.717) is 17.5 Å². The second-order valence-corrected chi connectivity index (χ2v) is 7.07. The lowest BCUT2D eigenvalue weighted by molar-refractivity contribution is 0.0696. The molecular weight excluding hydrogens is 326 g/mol. The molecule has 0 spiro atoms. The Morgan fingerprint density at radius 2 is 1.69 bits per heavy atom. The van der Waals surface area contributed by atoms with Crippen molar-refractivity contribution in [3.05, 3.63) is 59.4 Å². The number of H-pyrrole nitrogens is 1. The molecule has 1 aliphatic carbocycles. The van der Waals surface area contributed by atoms with E-state index in [2.05, 4.69) is 35.9 Å². The van der Waals surface area contributed by atoms with E-state index in [0.717, 1.165) is 17.1 Å². The number of rotatable bonds is 3. The maximum absolute atomic E-state index is 10.9. The normalized spacial score (nSPS) is 19.2. The zero-order valence-corrected chi connectivity index (χ0v) is 14.9. The number of aromatic nitrogens is 3. The molecule has 3 heterocycles. The Hall–Kier alpha value is -2.95. The van der Waals surface area contributed by atoms with Gasteiger partial charge in [0.15, 0.2) is 0 Å². The van der Waals surface area contributed by atoms with Gasteiger partial charge >= 0.3 is 5.97 Å². The summed E-state index contributed by atoms with van der Waals surface area (Å²) in [6, 6.07) is 11.5. The molecule has 5 nitrogen and oxygen atoms in total. The molecule has 2 unspecified atom stereocenters. The third kappa shape index (κ3) is 2.90. The third-order valence-corrected chi connectivity index (χ3v) is 5.24. The van der Waals surface area contributed by atoms with Crippen molar-refractivity contribution in [3.63, 3.8) is 0 Å². The van der Waals surface area contributed by atoms with Crippen molar-refractivity contribution in [1.29, 1.82) is 0 Å². The fourth-order valence-corrected chi connectivity index (χ4v) is 3.61. The summed E-state index contributed by atoms with van der Waals surface area (Å²) in [4.78, 5) is 23.5. The molecule has 132 valence electrons. The number of fused-ring (bicyclic) bond motifs is 1. The van der Waals surface area contributed by atoms with Gasteiger partial charge in [-0.25, -0.2) is 4.79 Å². The standard InChI is InChI=1S/C21H21N3O2/c1-12-3-4-13(2)20-15(12)6-8-19(24-20)18-10-9-17(23-18)16-7-5-14(11-22-16)21(25)26/h5-13,23H,3-4H2,1-2H3,(H,25,26). The van der Waals surface area contributed by atoms with E-state index in [9.17, 15) is 4.79 Å². The van der Waals surface area contributed by atoms with Gasteiger partial charge in [0.05, 0.1) is 28.3 Å². The predicted molar refractivity (Wildman–Crippen MR) is 100 cm³/mol. The number of carbonyl (C=O) groups is 1. The van der Waals surface area contributed by atoms with Crippen LogP contribution < -0.4 is 0 Å². The third-order valence-electron chi connectivity index (χ3n) is 5.24. The molecule has 0 saturated carbocycles. The van der Waals surface area contributed by atoms with Gasteiger partial charge in [-0.3, -0.25) is 9.97 Å². The lowest BCUT2D eigenvalue weighted by atomic mass is 9.81. The van der Waals surface area contributed by atoms with Crippen LogP contribution in [-0.4, -0.2) is 26.0 Å². The monoisotopic (exact) mass is 347 g/mol. The zero-order chi connectivity index (χ0) is 18.3. The van der Waals surface area contributed by atoms with Crippen molar-refractivity contribution in [2.75, 3.05) is 0 Å². The Labute approximate surface area is 152 Å². The largest absolute Gasteiger partial charge is 0.478 e. The molecule has 0 saturated heterocycles. The van der Waals surface area contributed by atoms with Gasteiger partial charge in [0, 0.05) is 11.9 Å². The molecule has 2 N–H and O–H groups in total. The molecule has 26 heavy (non-hydrogen) atoms. The van der Waals surface area contributed by atoms with Crippen LogP contribution in [0.4, 0.5) is 0 Å². The molecule has 3 aromatic heterocycles. The number of aromatic carboxylic acids is 1. The van der Waals surface area contributed by atoms with Crippen LogP contribution >= 0.6 is 0 Å². The van der Waals surface area contributed by atoms with Gasteiger partial charge in [-0.2, -0.15) is 0 Å². The van der Waals surface area contributed by atoms with Crippen molar-refractivity contribution in [2.24, 2.45) is 0 Å². The number of carboxylic acids is 1. The van der Waals surface area contributed by atoms with E-state index in [-0.39, 0.29) is 5.56 Å². The van der Waals surface area contributed by atoms with E-state index in [1.807, 2.05) is 12.1 Å². The molecule has 0 amide bonds. The van der Waals surface area contributed by atoms with Crippen LogP contribution in [0.15, 0.2) is 42.6 Å². The minimum absolute atomic E-state index is 0.181. The summed E-state index contributed by atoms with van der Waals surface area (Å²) in [6.45, 7) is 4.51. The second kappa shape index (κ2) is 6.41. The molecule has 4 rings (SSSR count). The van der Waals surface area contributed by atoms with Crippen LogP contribution in [0.5, 0.6) is 0 Å². The SMILES string of the molecule is CC1CCC(C)c2nc(-c3ccc(-c4ccc(C(=O)O)cn4)[nH]3)ccc21. The fraction of sp³-hybridized carbons (Fsp3) is 0.286. The maximum Gasteiger partial charge on any atom is 0.337 e. The molecule has 1 aliphatic rings. The average molecular weight is 347 g/mol. The van der Waals surface area contributed by atoms with Gasteiger partial charge < -0.3 is 10.1 Å². The molecule has 2 atom stereocenters. The molecule has 0 aliphatic heterocycles. The van der Waals surface area contributed by atoms with Gasteiger partial charge in [-0.15, -0.1) is 0 Å². The van der Waals surface area contributed by atoms with Crippen LogP contribution in [0, 0.1) is 0 Å². The molecule has 0 fully saturated rings. The first kappa shape index (κ1) is 16.5. The van der Waals surface area contributed by atoms with Crippen molar-refractivity contribution in [1.82, 2.24) is 15.0 Å². The van der Waals surface area contributed by atoms with Crippen LogP contribution in [0.25, 0.3) is 22.8 Å². The summed E-state index contributed by atoms with van der Waals surface area (Å²) >= 11 is 0. The van der Waals surface area contributed by atoms with Gasteiger partial charge in [0.25, 0.3) is 0 Å². The smallest absolute Gasteiger partial charge is 0.337 e. The van der Waals surface area contributed by atoms with Crippen LogP contribution in [0.3, 0.4) is 0 Å². The first-order valence-electron chi connectivity index (χ1n) is 8.93. The highest BCUT2D eigenvalue weighted by molar-refractivity contribution is 5.87. The average Bonchev–Trinajstić information content (AvgIpc) is 3.15. The van der Waals surface area contributed by atoms with Gasteiger partial charge in [0.1, 0.15) is 0 Å². The van der Waals surface area contributed by atoms with Crippen molar-refractivity contribution >= 4 is 5.97 Å². The predicted octanol–water partition coefficient (Wildman–Crippen LogP) is 4.84. The van der Waals surface area contributed by atoms with Gasteiger partial charge in [0.2, 0.25) is 0 Å². The highest BCUT2D eigenvalue weighted by Crippen LogP contribution is 2.38. The number of carboxylic acid groups (broad SMARTS) is 1. The summed E-state index contributed by atoms with van der Waals surface area (Å²) < 4.78 is 0. The first-order chi connectivity index (χ1) is 12.5. The van der Waals surface area contributed by atoms with E-state index < -0.39 is 5.97 Å². The van der Waals surface area contributed by atoms with Crippen LogP contribution in [-0.2, 0) is 0 Å². The van der Waals surface area contributed by atoms with E-state index in [1.165, 1.54) is 30.3 Å². The number of hydrogen-bond donors (Lipinski definition) is 2. The lowest BCUT2D eigenvalue weighted by Crippen LogP contribution is -2.13. The Bertz CT molecular complexity index is 960. The minimum atomic E-state index is -0.974. The Balaban J connectivity index is 1.66. The van der Waals surface area contributed by atoms with Crippen LogP contribution in [0.2, 0.25) is 0 Å².